The molecule has 7 heteroatoms. The minimum atomic E-state index is -0.413. The lowest BCUT2D eigenvalue weighted by Gasteiger charge is -2.18. The second-order valence-electron chi connectivity index (χ2n) is 3.45. The maximum Gasteiger partial charge on any atom is 0.237 e. The molecule has 0 radical (unpaired) electrons. The fourth-order valence-corrected chi connectivity index (χ4v) is 1.86. The Morgan fingerprint density at radius 3 is 2.78 bits per heavy atom. The van der Waals surface area contributed by atoms with Crippen molar-refractivity contribution >= 4 is 11.6 Å². The van der Waals surface area contributed by atoms with Crippen LogP contribution in [-0.2, 0) is 0 Å². The van der Waals surface area contributed by atoms with Crippen LogP contribution in [0.25, 0.3) is 0 Å². The van der Waals surface area contributed by atoms with Gasteiger partial charge in [-0.15, -0.1) is 0 Å². The lowest BCUT2D eigenvalue weighted by molar-refractivity contribution is 0.383. The van der Waals surface area contributed by atoms with Crippen LogP contribution in [0.5, 0.6) is 5.88 Å². The first-order valence-corrected chi connectivity index (χ1v) is 5.56. The number of hydrazine groups is 1. The van der Waals surface area contributed by atoms with Gasteiger partial charge < -0.3 is 4.74 Å². The quantitative estimate of drug-likeness (QED) is 0.636. The van der Waals surface area contributed by atoms with Gasteiger partial charge in [0.15, 0.2) is 0 Å². The van der Waals surface area contributed by atoms with Crippen molar-refractivity contribution in [2.24, 2.45) is 5.84 Å². The summed E-state index contributed by atoms with van der Waals surface area (Å²) in [4.78, 5) is 12.2. The number of nitrogens with two attached hydrogens (primary N) is 1. The molecule has 1 atom stereocenters. The second kappa shape index (κ2) is 5.72. The summed E-state index contributed by atoms with van der Waals surface area (Å²) in [7, 11) is 1.52. The molecular formula is C11H12ClN5O. The van der Waals surface area contributed by atoms with E-state index in [1.165, 1.54) is 7.11 Å². The van der Waals surface area contributed by atoms with E-state index in [0.717, 1.165) is 5.56 Å². The van der Waals surface area contributed by atoms with Gasteiger partial charge in [0, 0.05) is 24.8 Å². The maximum absolute atomic E-state index is 6.10. The van der Waals surface area contributed by atoms with E-state index in [1.807, 2.05) is 0 Å². The Balaban J connectivity index is 2.49. The predicted molar refractivity (Wildman–Crippen MR) is 67.0 cm³/mol. The molecule has 0 aliphatic carbocycles. The van der Waals surface area contributed by atoms with Gasteiger partial charge >= 0.3 is 0 Å². The minimum absolute atomic E-state index is 0.397. The number of aromatic nitrogens is 3. The van der Waals surface area contributed by atoms with Gasteiger partial charge in [0.05, 0.1) is 18.2 Å². The topological polar surface area (TPSA) is 86.0 Å². The minimum Gasteiger partial charge on any atom is -0.480 e. The zero-order chi connectivity index (χ0) is 13.0. The number of nitrogens with one attached hydrogen (secondary N) is 1. The second-order valence-corrected chi connectivity index (χ2v) is 3.85. The third kappa shape index (κ3) is 2.40. The highest BCUT2D eigenvalue weighted by atomic mass is 35.5. The number of rotatable bonds is 4. The first-order valence-electron chi connectivity index (χ1n) is 5.18. The lowest BCUT2D eigenvalue weighted by Crippen LogP contribution is -2.30. The zero-order valence-electron chi connectivity index (χ0n) is 9.67. The third-order valence-corrected chi connectivity index (χ3v) is 2.76. The fraction of sp³-hybridized carbons (Fsp3) is 0.182. The molecular weight excluding hydrogens is 254 g/mol. The van der Waals surface area contributed by atoms with Crippen LogP contribution in [0, 0.1) is 0 Å². The molecule has 6 nitrogen and oxygen atoms in total. The van der Waals surface area contributed by atoms with Gasteiger partial charge in [-0.25, -0.2) is 10.4 Å². The number of hydrogen-bond acceptors (Lipinski definition) is 6. The highest BCUT2D eigenvalue weighted by Crippen LogP contribution is 2.29. The number of hydrogen-bond donors (Lipinski definition) is 2. The first-order chi connectivity index (χ1) is 8.77. The molecule has 2 aromatic rings. The summed E-state index contributed by atoms with van der Waals surface area (Å²) in [5.74, 6) is 5.97. The van der Waals surface area contributed by atoms with Crippen molar-refractivity contribution in [1.29, 1.82) is 0 Å². The van der Waals surface area contributed by atoms with Crippen LogP contribution in [-0.4, -0.2) is 22.1 Å². The summed E-state index contributed by atoms with van der Waals surface area (Å²) in [6, 6.07) is 1.35. The van der Waals surface area contributed by atoms with Crippen LogP contribution in [0.3, 0.4) is 0 Å². The monoisotopic (exact) mass is 265 g/mol. The molecule has 0 aromatic carbocycles. The molecule has 0 bridgehead atoms. The molecule has 0 fully saturated rings. The molecule has 0 aliphatic rings. The molecule has 3 N–H and O–H groups in total. The first kappa shape index (κ1) is 12.7. The van der Waals surface area contributed by atoms with Gasteiger partial charge in [0.25, 0.3) is 0 Å². The normalized spacial score (nSPS) is 12.2. The summed E-state index contributed by atoms with van der Waals surface area (Å²) in [6.07, 6.45) is 6.29. The van der Waals surface area contributed by atoms with Gasteiger partial charge in [-0.3, -0.25) is 15.8 Å². The molecule has 18 heavy (non-hydrogen) atoms. The Hall–Kier alpha value is -1.76. The van der Waals surface area contributed by atoms with Crippen molar-refractivity contribution in [2.45, 2.75) is 6.04 Å². The van der Waals surface area contributed by atoms with E-state index >= 15 is 0 Å². The third-order valence-electron chi connectivity index (χ3n) is 2.44. The molecule has 2 rings (SSSR count). The molecule has 1 unspecified atom stereocenters. The maximum atomic E-state index is 6.10. The van der Waals surface area contributed by atoms with E-state index in [1.54, 1.807) is 30.9 Å². The molecule has 0 amide bonds. The Morgan fingerprint density at radius 1 is 1.33 bits per heavy atom. The number of pyridine rings is 1. The molecule has 0 saturated carbocycles. The van der Waals surface area contributed by atoms with Crippen LogP contribution >= 0.6 is 11.6 Å². The van der Waals surface area contributed by atoms with E-state index in [0.29, 0.717) is 16.6 Å². The van der Waals surface area contributed by atoms with Crippen LogP contribution < -0.4 is 16.0 Å². The molecule has 2 heterocycles. The SMILES string of the molecule is COc1nccnc1C(NN)c1ccncc1Cl. The van der Waals surface area contributed by atoms with Gasteiger partial charge in [-0.1, -0.05) is 11.6 Å². The smallest absolute Gasteiger partial charge is 0.237 e. The molecule has 2 aromatic heterocycles. The standard InChI is InChI=1S/C11H12ClN5O/c1-18-11-10(15-4-5-16-11)9(17-13)7-2-3-14-6-8(7)12/h2-6,9,17H,13H2,1H3. The lowest BCUT2D eigenvalue weighted by atomic mass is 10.1. The number of halogens is 1. The number of methoxy groups -OCH3 is 1. The summed E-state index contributed by atoms with van der Waals surface area (Å²) >= 11 is 6.10. The van der Waals surface area contributed by atoms with Gasteiger partial charge in [-0.2, -0.15) is 0 Å². The van der Waals surface area contributed by atoms with E-state index in [9.17, 15) is 0 Å². The zero-order valence-corrected chi connectivity index (χ0v) is 10.4. The molecule has 0 saturated heterocycles. The van der Waals surface area contributed by atoms with E-state index < -0.39 is 6.04 Å². The van der Waals surface area contributed by atoms with Crippen molar-refractivity contribution in [2.75, 3.05) is 7.11 Å². The Labute approximate surface area is 109 Å². The Bertz CT molecular complexity index is 536. The summed E-state index contributed by atoms with van der Waals surface area (Å²) in [5.41, 5.74) is 3.98. The summed E-state index contributed by atoms with van der Waals surface area (Å²) < 4.78 is 5.16. The highest BCUT2D eigenvalue weighted by Gasteiger charge is 2.21. The van der Waals surface area contributed by atoms with Crippen LogP contribution in [0.15, 0.2) is 30.9 Å². The van der Waals surface area contributed by atoms with Crippen LogP contribution in [0.2, 0.25) is 5.02 Å². The fourth-order valence-electron chi connectivity index (χ4n) is 1.63. The van der Waals surface area contributed by atoms with Crippen molar-refractivity contribution in [3.05, 3.63) is 47.1 Å². The van der Waals surface area contributed by atoms with Crippen LogP contribution in [0.1, 0.15) is 17.3 Å². The van der Waals surface area contributed by atoms with E-state index in [4.69, 9.17) is 22.2 Å². The summed E-state index contributed by atoms with van der Waals surface area (Å²) in [6.45, 7) is 0. The average Bonchev–Trinajstić information content (AvgIpc) is 2.42. The van der Waals surface area contributed by atoms with Crippen LogP contribution in [0.4, 0.5) is 0 Å². The molecule has 94 valence electrons. The molecule has 0 spiro atoms. The van der Waals surface area contributed by atoms with E-state index in [2.05, 4.69) is 20.4 Å². The van der Waals surface area contributed by atoms with Gasteiger partial charge in [0.1, 0.15) is 5.69 Å². The Kier molecular flexibility index (Phi) is 4.03. The van der Waals surface area contributed by atoms with Gasteiger partial charge in [-0.05, 0) is 11.6 Å². The average molecular weight is 266 g/mol. The number of nitrogens with zero attached hydrogens (tertiary/aromatic N) is 3. The highest BCUT2D eigenvalue weighted by molar-refractivity contribution is 6.31. The number of ether oxygens (including phenoxy) is 1. The van der Waals surface area contributed by atoms with Crippen molar-refractivity contribution < 1.29 is 4.74 Å². The van der Waals surface area contributed by atoms with Crippen molar-refractivity contribution in [3.8, 4) is 5.88 Å². The van der Waals surface area contributed by atoms with Crippen molar-refractivity contribution in [1.82, 2.24) is 20.4 Å². The predicted octanol–water partition coefficient (Wildman–Crippen LogP) is 1.09. The summed E-state index contributed by atoms with van der Waals surface area (Å²) in [5, 5.41) is 0.494. The van der Waals surface area contributed by atoms with Gasteiger partial charge in [0.2, 0.25) is 5.88 Å². The largest absolute Gasteiger partial charge is 0.480 e. The van der Waals surface area contributed by atoms with E-state index in [-0.39, 0.29) is 0 Å². The Morgan fingerprint density at radius 2 is 2.11 bits per heavy atom. The van der Waals surface area contributed by atoms with Crippen molar-refractivity contribution in [3.63, 3.8) is 0 Å². The molecule has 0 aliphatic heterocycles.